The molecule has 0 bridgehead atoms. The van der Waals surface area contributed by atoms with E-state index in [1.807, 2.05) is 0 Å². The van der Waals surface area contributed by atoms with E-state index in [2.05, 4.69) is 5.32 Å². The van der Waals surface area contributed by atoms with Gasteiger partial charge in [-0.15, -0.1) is 0 Å². The summed E-state index contributed by atoms with van der Waals surface area (Å²) in [6.45, 7) is 0.578. The standard InChI is InChI=1S/C13H19N3O3/c1-19-8-2-3-11(14)13(18)16-10-6-4-9(5-7-10)12(15)17/h4-7,11H,2-3,8,14H2,1H3,(H2,15,17)(H,16,18). The topological polar surface area (TPSA) is 107 Å². The molecule has 0 aromatic heterocycles. The Morgan fingerprint density at radius 3 is 2.47 bits per heavy atom. The fourth-order valence-electron chi connectivity index (χ4n) is 1.53. The predicted molar refractivity (Wildman–Crippen MR) is 72.7 cm³/mol. The number of amides is 2. The molecule has 0 saturated carbocycles. The Morgan fingerprint density at radius 2 is 1.95 bits per heavy atom. The molecule has 1 aromatic rings. The molecule has 0 aliphatic heterocycles. The van der Waals surface area contributed by atoms with Crippen molar-refractivity contribution in [2.75, 3.05) is 19.0 Å². The number of carbonyl (C=O) groups excluding carboxylic acids is 2. The highest BCUT2D eigenvalue weighted by Crippen LogP contribution is 2.10. The molecule has 5 N–H and O–H groups in total. The molecular formula is C13H19N3O3. The second-order valence-corrected chi connectivity index (χ2v) is 4.17. The van der Waals surface area contributed by atoms with E-state index in [4.69, 9.17) is 16.2 Å². The molecule has 1 aromatic carbocycles. The molecule has 1 rings (SSSR count). The summed E-state index contributed by atoms with van der Waals surface area (Å²) in [5, 5.41) is 2.68. The summed E-state index contributed by atoms with van der Waals surface area (Å²) in [5.41, 5.74) is 11.8. The number of nitrogens with one attached hydrogen (secondary N) is 1. The minimum Gasteiger partial charge on any atom is -0.385 e. The second-order valence-electron chi connectivity index (χ2n) is 4.17. The van der Waals surface area contributed by atoms with Crippen molar-refractivity contribution in [3.63, 3.8) is 0 Å². The first-order valence-corrected chi connectivity index (χ1v) is 6.00. The third kappa shape index (κ3) is 5.07. The second kappa shape index (κ2) is 7.50. The number of primary amides is 1. The lowest BCUT2D eigenvalue weighted by molar-refractivity contribution is -0.117. The minimum atomic E-state index is -0.578. The predicted octanol–water partition coefficient (Wildman–Crippen LogP) is 0.478. The van der Waals surface area contributed by atoms with E-state index in [0.717, 1.165) is 6.42 Å². The zero-order valence-electron chi connectivity index (χ0n) is 10.9. The van der Waals surface area contributed by atoms with E-state index >= 15 is 0 Å². The average molecular weight is 265 g/mol. The number of benzene rings is 1. The first-order valence-electron chi connectivity index (χ1n) is 6.00. The Hall–Kier alpha value is -1.92. The zero-order chi connectivity index (χ0) is 14.3. The molecule has 6 nitrogen and oxygen atoms in total. The van der Waals surface area contributed by atoms with Crippen LogP contribution < -0.4 is 16.8 Å². The van der Waals surface area contributed by atoms with E-state index in [9.17, 15) is 9.59 Å². The van der Waals surface area contributed by atoms with Crippen LogP contribution in [0.15, 0.2) is 24.3 Å². The van der Waals surface area contributed by atoms with Crippen molar-refractivity contribution in [3.8, 4) is 0 Å². The quantitative estimate of drug-likeness (QED) is 0.623. The van der Waals surface area contributed by atoms with E-state index in [-0.39, 0.29) is 5.91 Å². The summed E-state index contributed by atoms with van der Waals surface area (Å²) < 4.78 is 4.89. The first-order chi connectivity index (χ1) is 9.04. The van der Waals surface area contributed by atoms with Gasteiger partial charge in [-0.3, -0.25) is 9.59 Å². The number of rotatable bonds is 7. The molecule has 0 aliphatic carbocycles. The fourth-order valence-corrected chi connectivity index (χ4v) is 1.53. The van der Waals surface area contributed by atoms with Crippen molar-refractivity contribution >= 4 is 17.5 Å². The van der Waals surface area contributed by atoms with Crippen LogP contribution in [0.3, 0.4) is 0 Å². The van der Waals surface area contributed by atoms with Gasteiger partial charge in [-0.2, -0.15) is 0 Å². The summed E-state index contributed by atoms with van der Waals surface area (Å²) in [7, 11) is 1.60. The van der Waals surface area contributed by atoms with E-state index in [0.29, 0.717) is 24.3 Å². The molecule has 104 valence electrons. The minimum absolute atomic E-state index is 0.261. The molecule has 0 spiro atoms. The zero-order valence-corrected chi connectivity index (χ0v) is 10.9. The van der Waals surface area contributed by atoms with Crippen molar-refractivity contribution in [3.05, 3.63) is 29.8 Å². The average Bonchev–Trinajstić information content (AvgIpc) is 2.39. The number of carbonyl (C=O) groups is 2. The highest BCUT2D eigenvalue weighted by Gasteiger charge is 2.13. The van der Waals surface area contributed by atoms with Crippen LogP contribution in [0.5, 0.6) is 0 Å². The monoisotopic (exact) mass is 265 g/mol. The molecule has 0 aliphatic rings. The lowest BCUT2D eigenvalue weighted by atomic mass is 10.1. The highest BCUT2D eigenvalue weighted by atomic mass is 16.5. The van der Waals surface area contributed by atoms with Gasteiger partial charge in [0.05, 0.1) is 6.04 Å². The number of methoxy groups -OCH3 is 1. The van der Waals surface area contributed by atoms with Crippen molar-refractivity contribution in [2.45, 2.75) is 18.9 Å². The van der Waals surface area contributed by atoms with Gasteiger partial charge in [0.15, 0.2) is 0 Å². The first kappa shape index (κ1) is 15.1. The Balaban J connectivity index is 2.49. The third-order valence-electron chi connectivity index (χ3n) is 2.64. The third-order valence-corrected chi connectivity index (χ3v) is 2.64. The van der Waals surface area contributed by atoms with E-state index < -0.39 is 11.9 Å². The van der Waals surface area contributed by atoms with Gasteiger partial charge < -0.3 is 21.5 Å². The maximum Gasteiger partial charge on any atom is 0.248 e. The normalized spacial score (nSPS) is 11.9. The molecule has 0 saturated heterocycles. The number of hydrogen-bond donors (Lipinski definition) is 3. The van der Waals surface area contributed by atoms with Gasteiger partial charge in [0.2, 0.25) is 11.8 Å². The number of anilines is 1. The van der Waals surface area contributed by atoms with Gasteiger partial charge in [-0.05, 0) is 37.1 Å². The molecule has 0 fully saturated rings. The molecule has 2 amide bonds. The summed E-state index contributed by atoms with van der Waals surface area (Å²) >= 11 is 0. The molecule has 19 heavy (non-hydrogen) atoms. The fraction of sp³-hybridized carbons (Fsp3) is 0.385. The number of ether oxygens (including phenoxy) is 1. The van der Waals surface area contributed by atoms with Gasteiger partial charge >= 0.3 is 0 Å². The van der Waals surface area contributed by atoms with Crippen LogP contribution in [0, 0.1) is 0 Å². The molecular weight excluding hydrogens is 246 g/mol. The number of hydrogen-bond acceptors (Lipinski definition) is 4. The molecule has 1 atom stereocenters. The maximum absolute atomic E-state index is 11.8. The van der Waals surface area contributed by atoms with Crippen molar-refractivity contribution in [1.29, 1.82) is 0 Å². The van der Waals surface area contributed by atoms with Crippen LogP contribution in [-0.4, -0.2) is 31.6 Å². The van der Waals surface area contributed by atoms with E-state index in [1.54, 1.807) is 31.4 Å². The Kier molecular flexibility index (Phi) is 5.98. The lowest BCUT2D eigenvalue weighted by Gasteiger charge is -2.12. The van der Waals surface area contributed by atoms with Crippen molar-refractivity contribution in [2.24, 2.45) is 11.5 Å². The van der Waals surface area contributed by atoms with Gasteiger partial charge in [-0.1, -0.05) is 0 Å². The van der Waals surface area contributed by atoms with Crippen LogP contribution in [0.25, 0.3) is 0 Å². The van der Waals surface area contributed by atoms with Crippen molar-refractivity contribution < 1.29 is 14.3 Å². The van der Waals surface area contributed by atoms with Crippen LogP contribution >= 0.6 is 0 Å². The van der Waals surface area contributed by atoms with Gasteiger partial charge in [0.25, 0.3) is 0 Å². The summed E-state index contributed by atoms with van der Waals surface area (Å²) in [4.78, 5) is 22.6. The summed E-state index contributed by atoms with van der Waals surface area (Å²) in [5.74, 6) is -0.767. The number of nitrogens with two attached hydrogens (primary N) is 2. The van der Waals surface area contributed by atoms with Gasteiger partial charge in [0.1, 0.15) is 0 Å². The van der Waals surface area contributed by atoms with E-state index in [1.165, 1.54) is 0 Å². The Bertz CT molecular complexity index is 431. The van der Waals surface area contributed by atoms with Crippen molar-refractivity contribution in [1.82, 2.24) is 0 Å². The largest absolute Gasteiger partial charge is 0.385 e. The smallest absolute Gasteiger partial charge is 0.248 e. The lowest BCUT2D eigenvalue weighted by Crippen LogP contribution is -2.35. The van der Waals surface area contributed by atoms with Crippen LogP contribution in [0.4, 0.5) is 5.69 Å². The van der Waals surface area contributed by atoms with Gasteiger partial charge in [0, 0.05) is 25.0 Å². The highest BCUT2D eigenvalue weighted by molar-refractivity contribution is 5.96. The summed E-state index contributed by atoms with van der Waals surface area (Å²) in [6.07, 6.45) is 1.28. The Labute approximate surface area is 112 Å². The summed E-state index contributed by atoms with van der Waals surface area (Å²) in [6, 6.07) is 5.74. The van der Waals surface area contributed by atoms with Crippen LogP contribution in [0.2, 0.25) is 0 Å². The maximum atomic E-state index is 11.8. The van der Waals surface area contributed by atoms with Crippen LogP contribution in [0.1, 0.15) is 23.2 Å². The molecule has 1 unspecified atom stereocenters. The van der Waals surface area contributed by atoms with Crippen LogP contribution in [-0.2, 0) is 9.53 Å². The Morgan fingerprint density at radius 1 is 1.32 bits per heavy atom. The molecule has 6 heteroatoms. The van der Waals surface area contributed by atoms with Gasteiger partial charge in [-0.25, -0.2) is 0 Å². The molecule has 0 radical (unpaired) electrons. The molecule has 0 heterocycles. The SMILES string of the molecule is COCCCC(N)C(=O)Nc1ccc(C(N)=O)cc1.